The molecule has 1 aromatic rings. The Balaban J connectivity index is 1.96. The molecule has 1 aromatic carbocycles. The van der Waals surface area contributed by atoms with Crippen LogP contribution in [0.15, 0.2) is 12.1 Å². The van der Waals surface area contributed by atoms with E-state index in [1.807, 2.05) is 26.0 Å². The van der Waals surface area contributed by atoms with Gasteiger partial charge in [0.15, 0.2) is 0 Å². The standard InChI is InChI=1S/C14H21NO2/c1-10-8-14(11(2)7-13(10)15)17-9-12-5-3-4-6-16-12/h7-8,12H,3-6,9,15H2,1-2H3. The number of nitrogens with two attached hydrogens (primary N) is 1. The number of aryl methyl sites for hydroxylation is 2. The van der Waals surface area contributed by atoms with Crippen LogP contribution in [-0.2, 0) is 4.74 Å². The minimum absolute atomic E-state index is 0.251. The van der Waals surface area contributed by atoms with Crippen LogP contribution in [0.4, 0.5) is 5.69 Å². The van der Waals surface area contributed by atoms with E-state index in [0.29, 0.717) is 6.61 Å². The summed E-state index contributed by atoms with van der Waals surface area (Å²) in [5.41, 5.74) is 8.82. The first-order valence-corrected chi connectivity index (χ1v) is 6.28. The molecule has 1 unspecified atom stereocenters. The lowest BCUT2D eigenvalue weighted by Gasteiger charge is -2.23. The van der Waals surface area contributed by atoms with Crippen molar-refractivity contribution in [1.29, 1.82) is 0 Å². The molecule has 94 valence electrons. The van der Waals surface area contributed by atoms with Gasteiger partial charge in [0.1, 0.15) is 12.4 Å². The molecule has 1 fully saturated rings. The van der Waals surface area contributed by atoms with Gasteiger partial charge in [-0.3, -0.25) is 0 Å². The average molecular weight is 235 g/mol. The minimum atomic E-state index is 0.251. The van der Waals surface area contributed by atoms with Crippen molar-refractivity contribution in [3.8, 4) is 5.75 Å². The van der Waals surface area contributed by atoms with E-state index in [1.54, 1.807) is 0 Å². The maximum absolute atomic E-state index is 5.85. The van der Waals surface area contributed by atoms with Crippen LogP contribution >= 0.6 is 0 Å². The van der Waals surface area contributed by atoms with Gasteiger partial charge in [0.2, 0.25) is 0 Å². The van der Waals surface area contributed by atoms with Crippen LogP contribution in [0.25, 0.3) is 0 Å². The lowest BCUT2D eigenvalue weighted by molar-refractivity contribution is -0.0111. The van der Waals surface area contributed by atoms with E-state index < -0.39 is 0 Å². The van der Waals surface area contributed by atoms with Gasteiger partial charge in [-0.15, -0.1) is 0 Å². The Bertz CT molecular complexity index is 384. The summed E-state index contributed by atoms with van der Waals surface area (Å²) in [6.45, 7) is 5.53. The van der Waals surface area contributed by atoms with Gasteiger partial charge in [-0.2, -0.15) is 0 Å². The highest BCUT2D eigenvalue weighted by Gasteiger charge is 2.15. The van der Waals surface area contributed by atoms with E-state index in [4.69, 9.17) is 15.2 Å². The quantitative estimate of drug-likeness (QED) is 0.819. The minimum Gasteiger partial charge on any atom is -0.491 e. The van der Waals surface area contributed by atoms with Crippen LogP contribution in [-0.4, -0.2) is 19.3 Å². The number of hydrogen-bond donors (Lipinski definition) is 1. The fourth-order valence-corrected chi connectivity index (χ4v) is 2.09. The highest BCUT2D eigenvalue weighted by Crippen LogP contribution is 2.25. The Labute approximate surface area is 103 Å². The predicted octanol–water partition coefficient (Wildman–Crippen LogP) is 2.83. The summed E-state index contributed by atoms with van der Waals surface area (Å²) in [6, 6.07) is 3.97. The molecule has 1 aliphatic heterocycles. The van der Waals surface area contributed by atoms with Crippen molar-refractivity contribution in [2.24, 2.45) is 0 Å². The Hall–Kier alpha value is -1.22. The number of benzene rings is 1. The first-order chi connectivity index (χ1) is 8.16. The summed E-state index contributed by atoms with van der Waals surface area (Å²) in [4.78, 5) is 0. The summed E-state index contributed by atoms with van der Waals surface area (Å²) >= 11 is 0. The van der Waals surface area contributed by atoms with Gasteiger partial charge in [-0.05, 0) is 56.4 Å². The molecule has 1 heterocycles. The average Bonchev–Trinajstić information content (AvgIpc) is 2.33. The van der Waals surface area contributed by atoms with E-state index in [-0.39, 0.29) is 6.10 Å². The van der Waals surface area contributed by atoms with Crippen LogP contribution < -0.4 is 10.5 Å². The zero-order valence-electron chi connectivity index (χ0n) is 10.7. The monoisotopic (exact) mass is 235 g/mol. The normalized spacial score (nSPS) is 20.2. The molecule has 0 saturated carbocycles. The zero-order chi connectivity index (χ0) is 12.3. The molecule has 0 aromatic heterocycles. The van der Waals surface area contributed by atoms with Crippen molar-refractivity contribution in [1.82, 2.24) is 0 Å². The largest absolute Gasteiger partial charge is 0.491 e. The third kappa shape index (κ3) is 3.13. The second kappa shape index (κ2) is 5.41. The zero-order valence-corrected chi connectivity index (χ0v) is 10.7. The summed E-state index contributed by atoms with van der Waals surface area (Å²) < 4.78 is 11.5. The van der Waals surface area contributed by atoms with Crippen molar-refractivity contribution >= 4 is 5.69 Å². The summed E-state index contributed by atoms with van der Waals surface area (Å²) in [5, 5.41) is 0. The molecule has 1 aliphatic rings. The molecule has 0 amide bonds. The van der Waals surface area contributed by atoms with Gasteiger partial charge in [0.05, 0.1) is 6.10 Å². The third-order valence-corrected chi connectivity index (χ3v) is 3.26. The van der Waals surface area contributed by atoms with Gasteiger partial charge >= 0.3 is 0 Å². The van der Waals surface area contributed by atoms with Gasteiger partial charge in [0, 0.05) is 12.3 Å². The number of hydrogen-bond acceptors (Lipinski definition) is 3. The molecule has 0 bridgehead atoms. The van der Waals surface area contributed by atoms with Crippen molar-refractivity contribution < 1.29 is 9.47 Å². The number of nitrogen functional groups attached to an aromatic ring is 1. The molecular weight excluding hydrogens is 214 g/mol. The Kier molecular flexibility index (Phi) is 3.89. The van der Waals surface area contributed by atoms with Crippen molar-refractivity contribution in [2.45, 2.75) is 39.2 Å². The lowest BCUT2D eigenvalue weighted by atomic mass is 10.1. The molecule has 0 aliphatic carbocycles. The molecular formula is C14H21NO2. The molecule has 2 N–H and O–H groups in total. The van der Waals surface area contributed by atoms with Crippen LogP contribution in [0.3, 0.4) is 0 Å². The second-order valence-electron chi connectivity index (χ2n) is 4.77. The number of rotatable bonds is 3. The Morgan fingerprint density at radius 3 is 2.82 bits per heavy atom. The highest BCUT2D eigenvalue weighted by molar-refractivity contribution is 5.53. The fraction of sp³-hybridized carbons (Fsp3) is 0.571. The molecule has 1 saturated heterocycles. The molecule has 0 radical (unpaired) electrons. The molecule has 2 rings (SSSR count). The van der Waals surface area contributed by atoms with Crippen molar-refractivity contribution in [3.63, 3.8) is 0 Å². The first kappa shape index (κ1) is 12.2. The molecule has 1 atom stereocenters. The number of anilines is 1. The highest BCUT2D eigenvalue weighted by atomic mass is 16.5. The van der Waals surface area contributed by atoms with Gasteiger partial charge < -0.3 is 15.2 Å². The van der Waals surface area contributed by atoms with E-state index in [0.717, 1.165) is 35.6 Å². The maximum Gasteiger partial charge on any atom is 0.122 e. The SMILES string of the molecule is Cc1cc(OCC2CCCCO2)c(C)cc1N. The van der Waals surface area contributed by atoms with Crippen LogP contribution in [0, 0.1) is 13.8 Å². The predicted molar refractivity (Wildman–Crippen MR) is 69.4 cm³/mol. The lowest BCUT2D eigenvalue weighted by Crippen LogP contribution is -2.25. The topological polar surface area (TPSA) is 44.5 Å². The van der Waals surface area contributed by atoms with E-state index >= 15 is 0 Å². The summed E-state index contributed by atoms with van der Waals surface area (Å²) in [5.74, 6) is 0.922. The van der Waals surface area contributed by atoms with E-state index in [9.17, 15) is 0 Å². The van der Waals surface area contributed by atoms with Crippen LogP contribution in [0.1, 0.15) is 30.4 Å². The van der Waals surface area contributed by atoms with Gasteiger partial charge in [-0.25, -0.2) is 0 Å². The van der Waals surface area contributed by atoms with Crippen molar-refractivity contribution in [3.05, 3.63) is 23.3 Å². The Morgan fingerprint density at radius 2 is 2.12 bits per heavy atom. The molecule has 3 nitrogen and oxygen atoms in total. The van der Waals surface area contributed by atoms with Gasteiger partial charge in [0.25, 0.3) is 0 Å². The Morgan fingerprint density at radius 1 is 1.29 bits per heavy atom. The summed E-state index contributed by atoms with van der Waals surface area (Å²) in [7, 11) is 0. The molecule has 3 heteroatoms. The second-order valence-corrected chi connectivity index (χ2v) is 4.77. The molecule has 0 spiro atoms. The fourth-order valence-electron chi connectivity index (χ4n) is 2.09. The van der Waals surface area contributed by atoms with E-state index in [2.05, 4.69) is 0 Å². The molecule has 17 heavy (non-hydrogen) atoms. The van der Waals surface area contributed by atoms with Gasteiger partial charge in [-0.1, -0.05) is 0 Å². The smallest absolute Gasteiger partial charge is 0.122 e. The number of ether oxygens (including phenoxy) is 2. The van der Waals surface area contributed by atoms with Crippen molar-refractivity contribution in [2.75, 3.05) is 18.9 Å². The first-order valence-electron chi connectivity index (χ1n) is 6.28. The maximum atomic E-state index is 5.85. The van der Waals surface area contributed by atoms with Crippen LogP contribution in [0.2, 0.25) is 0 Å². The summed E-state index contributed by atoms with van der Waals surface area (Å²) in [6.07, 6.45) is 3.78. The van der Waals surface area contributed by atoms with Crippen LogP contribution in [0.5, 0.6) is 5.75 Å². The third-order valence-electron chi connectivity index (χ3n) is 3.26. The van der Waals surface area contributed by atoms with E-state index in [1.165, 1.54) is 12.8 Å².